The van der Waals surface area contributed by atoms with Crippen LogP contribution in [-0.4, -0.2) is 12.9 Å². The van der Waals surface area contributed by atoms with Gasteiger partial charge in [0.05, 0.1) is 18.4 Å². The fraction of sp³-hybridized carbons (Fsp3) is 0.375. The lowest BCUT2D eigenvalue weighted by Gasteiger charge is -1.98. The third kappa shape index (κ3) is 1.83. The molecular formula is C8H10O3. The molecule has 0 saturated heterocycles. The molecule has 0 aromatic carbocycles. The third-order valence-electron chi connectivity index (χ3n) is 1.22. The second-order valence-electron chi connectivity index (χ2n) is 2.13. The Morgan fingerprint density at radius 2 is 2.55 bits per heavy atom. The molecule has 0 aliphatic carbocycles. The molecule has 0 unspecified atom stereocenters. The quantitative estimate of drug-likeness (QED) is 0.621. The van der Waals surface area contributed by atoms with Crippen LogP contribution in [0.3, 0.4) is 0 Å². The maximum absolute atomic E-state index is 10.3. The molecule has 60 valence electrons. The van der Waals surface area contributed by atoms with Crippen molar-refractivity contribution in [1.29, 1.82) is 0 Å². The first-order valence-electron chi connectivity index (χ1n) is 3.54. The Kier molecular flexibility index (Phi) is 2.72. The number of carbonyl (C=O) groups is 1. The highest BCUT2D eigenvalue weighted by molar-refractivity contribution is 5.77. The summed E-state index contributed by atoms with van der Waals surface area (Å²) in [5.41, 5.74) is 0.471. The first-order chi connectivity index (χ1) is 5.38. The molecule has 0 fully saturated rings. The van der Waals surface area contributed by atoms with Crippen LogP contribution >= 0.6 is 0 Å². The van der Waals surface area contributed by atoms with Gasteiger partial charge >= 0.3 is 0 Å². The average Bonchev–Trinajstić information content (AvgIpc) is 2.47. The zero-order valence-electron chi connectivity index (χ0n) is 6.37. The van der Waals surface area contributed by atoms with E-state index in [4.69, 9.17) is 9.15 Å². The van der Waals surface area contributed by atoms with Crippen LogP contribution in [0.25, 0.3) is 0 Å². The highest BCUT2D eigenvalue weighted by Gasteiger charge is 2.04. The second kappa shape index (κ2) is 3.81. The number of hydrogen-bond donors (Lipinski definition) is 0. The summed E-state index contributed by atoms with van der Waals surface area (Å²) in [6.45, 7) is 2.57. The predicted molar refractivity (Wildman–Crippen MR) is 39.9 cm³/mol. The van der Waals surface area contributed by atoms with Gasteiger partial charge in [-0.05, 0) is 12.5 Å². The minimum absolute atomic E-state index is 0.321. The van der Waals surface area contributed by atoms with Gasteiger partial charge in [-0.2, -0.15) is 0 Å². The van der Waals surface area contributed by atoms with Gasteiger partial charge in [0, 0.05) is 0 Å². The molecule has 1 heterocycles. The van der Waals surface area contributed by atoms with Gasteiger partial charge in [0.25, 0.3) is 5.95 Å². The van der Waals surface area contributed by atoms with Crippen molar-refractivity contribution in [3.63, 3.8) is 0 Å². The van der Waals surface area contributed by atoms with E-state index in [1.54, 1.807) is 6.07 Å². The number of aldehydes is 1. The summed E-state index contributed by atoms with van der Waals surface area (Å²) in [5.74, 6) is 0.321. The van der Waals surface area contributed by atoms with E-state index in [0.29, 0.717) is 24.4 Å². The van der Waals surface area contributed by atoms with Gasteiger partial charge < -0.3 is 9.15 Å². The molecule has 0 amide bonds. The SMILES string of the molecule is CCCOc1occc1C=O. The Labute approximate surface area is 65.0 Å². The Morgan fingerprint density at radius 1 is 1.73 bits per heavy atom. The first-order valence-corrected chi connectivity index (χ1v) is 3.54. The van der Waals surface area contributed by atoms with E-state index < -0.39 is 0 Å². The van der Waals surface area contributed by atoms with Crippen LogP contribution in [0.1, 0.15) is 23.7 Å². The maximum Gasteiger partial charge on any atom is 0.295 e. The molecule has 0 saturated carbocycles. The van der Waals surface area contributed by atoms with Crippen molar-refractivity contribution in [3.8, 4) is 5.95 Å². The summed E-state index contributed by atoms with van der Waals surface area (Å²) in [5, 5.41) is 0. The molecule has 0 spiro atoms. The minimum Gasteiger partial charge on any atom is -0.465 e. The predicted octanol–water partition coefficient (Wildman–Crippen LogP) is 1.88. The van der Waals surface area contributed by atoms with Gasteiger partial charge in [0.2, 0.25) is 0 Å². The van der Waals surface area contributed by atoms with Gasteiger partial charge in [-0.25, -0.2) is 0 Å². The second-order valence-corrected chi connectivity index (χ2v) is 2.13. The molecule has 1 aromatic heterocycles. The summed E-state index contributed by atoms with van der Waals surface area (Å²) < 4.78 is 10.0. The first kappa shape index (κ1) is 7.85. The molecule has 1 rings (SSSR count). The van der Waals surface area contributed by atoms with Gasteiger partial charge in [-0.3, -0.25) is 4.79 Å². The molecule has 1 aromatic rings. The molecule has 3 nitrogen and oxygen atoms in total. The van der Waals surface area contributed by atoms with Crippen molar-refractivity contribution >= 4 is 6.29 Å². The van der Waals surface area contributed by atoms with E-state index in [0.717, 1.165) is 6.42 Å². The van der Waals surface area contributed by atoms with Crippen molar-refractivity contribution in [2.75, 3.05) is 6.61 Å². The monoisotopic (exact) mass is 154 g/mol. The van der Waals surface area contributed by atoms with Crippen molar-refractivity contribution < 1.29 is 13.9 Å². The molecule has 0 radical (unpaired) electrons. The van der Waals surface area contributed by atoms with E-state index in [1.807, 2.05) is 6.92 Å². The molecule has 0 aliphatic rings. The molecule has 11 heavy (non-hydrogen) atoms. The van der Waals surface area contributed by atoms with Crippen molar-refractivity contribution in [3.05, 3.63) is 17.9 Å². The lowest BCUT2D eigenvalue weighted by atomic mass is 10.4. The fourth-order valence-corrected chi connectivity index (χ4v) is 0.705. The summed E-state index contributed by atoms with van der Waals surface area (Å²) in [4.78, 5) is 10.3. The van der Waals surface area contributed by atoms with E-state index in [9.17, 15) is 4.79 Å². The molecule has 0 bridgehead atoms. The van der Waals surface area contributed by atoms with Crippen LogP contribution in [-0.2, 0) is 0 Å². The number of carbonyl (C=O) groups excluding carboxylic acids is 1. The Balaban J connectivity index is 2.61. The molecule has 0 atom stereocenters. The van der Waals surface area contributed by atoms with E-state index in [-0.39, 0.29) is 0 Å². The third-order valence-corrected chi connectivity index (χ3v) is 1.22. The van der Waals surface area contributed by atoms with Gasteiger partial charge in [-0.15, -0.1) is 0 Å². The highest BCUT2D eigenvalue weighted by Crippen LogP contribution is 2.17. The van der Waals surface area contributed by atoms with Crippen molar-refractivity contribution in [2.45, 2.75) is 13.3 Å². The van der Waals surface area contributed by atoms with Gasteiger partial charge in [0.15, 0.2) is 6.29 Å². The van der Waals surface area contributed by atoms with Crippen LogP contribution in [0.4, 0.5) is 0 Å². The minimum atomic E-state index is 0.321. The zero-order valence-corrected chi connectivity index (χ0v) is 6.37. The smallest absolute Gasteiger partial charge is 0.295 e. The average molecular weight is 154 g/mol. The highest BCUT2D eigenvalue weighted by atomic mass is 16.6. The Hall–Kier alpha value is -1.25. The van der Waals surface area contributed by atoms with Crippen LogP contribution in [0, 0.1) is 0 Å². The number of hydrogen-bond acceptors (Lipinski definition) is 3. The lowest BCUT2D eigenvalue weighted by molar-refractivity contribution is 0.111. The van der Waals surface area contributed by atoms with E-state index in [2.05, 4.69) is 0 Å². The van der Waals surface area contributed by atoms with Gasteiger partial charge in [0.1, 0.15) is 0 Å². The summed E-state index contributed by atoms with van der Waals surface area (Å²) in [6, 6.07) is 1.58. The van der Waals surface area contributed by atoms with Crippen LogP contribution < -0.4 is 4.74 Å². The summed E-state index contributed by atoms with van der Waals surface area (Å²) in [7, 11) is 0. The number of furan rings is 1. The zero-order chi connectivity index (χ0) is 8.10. The van der Waals surface area contributed by atoms with Crippen molar-refractivity contribution in [1.82, 2.24) is 0 Å². The molecule has 0 N–H and O–H groups in total. The molecule has 0 aliphatic heterocycles. The molecular weight excluding hydrogens is 144 g/mol. The fourth-order valence-electron chi connectivity index (χ4n) is 0.705. The standard InChI is InChI=1S/C8H10O3/c1-2-4-10-8-7(6-9)3-5-11-8/h3,5-6H,2,4H2,1H3. The Bertz CT molecular complexity index is 227. The Morgan fingerprint density at radius 3 is 3.18 bits per heavy atom. The van der Waals surface area contributed by atoms with Crippen LogP contribution in [0.15, 0.2) is 16.7 Å². The number of ether oxygens (including phenoxy) is 1. The summed E-state index contributed by atoms with van der Waals surface area (Å²) >= 11 is 0. The molecule has 3 heteroatoms. The van der Waals surface area contributed by atoms with E-state index >= 15 is 0 Å². The number of rotatable bonds is 4. The maximum atomic E-state index is 10.3. The normalized spacial score (nSPS) is 9.55. The summed E-state index contributed by atoms with van der Waals surface area (Å²) in [6.07, 6.45) is 3.06. The van der Waals surface area contributed by atoms with E-state index in [1.165, 1.54) is 6.26 Å². The van der Waals surface area contributed by atoms with Crippen LogP contribution in [0.5, 0.6) is 5.95 Å². The lowest BCUT2D eigenvalue weighted by Crippen LogP contribution is -1.95. The largest absolute Gasteiger partial charge is 0.465 e. The van der Waals surface area contributed by atoms with Gasteiger partial charge in [-0.1, -0.05) is 6.92 Å². The van der Waals surface area contributed by atoms with Crippen molar-refractivity contribution in [2.24, 2.45) is 0 Å². The topological polar surface area (TPSA) is 39.4 Å². The van der Waals surface area contributed by atoms with Crippen LogP contribution in [0.2, 0.25) is 0 Å².